The summed E-state index contributed by atoms with van der Waals surface area (Å²) >= 11 is 0. The van der Waals surface area contributed by atoms with E-state index in [1.54, 1.807) is 0 Å². The van der Waals surface area contributed by atoms with Gasteiger partial charge in [0.2, 0.25) is 5.89 Å². The topological polar surface area (TPSA) is 71.2 Å². The molecule has 1 saturated heterocycles. The lowest BCUT2D eigenvalue weighted by Gasteiger charge is -2.35. The standard InChI is InChI=1S/C14H20N6O/c1-10-8-15-11(2)14(16-10)20-6-4-19(5-7-20)9-13-17-12(3)21-18-13/h8H,4-7,9H2,1-3H3. The fourth-order valence-corrected chi connectivity index (χ4v) is 2.55. The van der Waals surface area contributed by atoms with Gasteiger partial charge in [0, 0.05) is 39.3 Å². The number of rotatable bonds is 3. The molecule has 0 aromatic carbocycles. The normalized spacial score (nSPS) is 16.4. The van der Waals surface area contributed by atoms with Crippen LogP contribution in [0.2, 0.25) is 0 Å². The molecule has 0 saturated carbocycles. The van der Waals surface area contributed by atoms with E-state index in [1.807, 2.05) is 27.0 Å². The van der Waals surface area contributed by atoms with Crippen molar-refractivity contribution >= 4 is 5.82 Å². The van der Waals surface area contributed by atoms with Gasteiger partial charge in [-0.1, -0.05) is 5.16 Å². The van der Waals surface area contributed by atoms with Crippen molar-refractivity contribution in [1.29, 1.82) is 0 Å². The van der Waals surface area contributed by atoms with Gasteiger partial charge in [-0.05, 0) is 13.8 Å². The van der Waals surface area contributed by atoms with Gasteiger partial charge in [-0.2, -0.15) is 4.98 Å². The summed E-state index contributed by atoms with van der Waals surface area (Å²) < 4.78 is 5.01. The maximum Gasteiger partial charge on any atom is 0.223 e. The minimum Gasteiger partial charge on any atom is -0.353 e. The Morgan fingerprint density at radius 2 is 1.86 bits per heavy atom. The average molecular weight is 288 g/mol. The molecule has 0 amide bonds. The quantitative estimate of drug-likeness (QED) is 0.837. The second-order valence-corrected chi connectivity index (χ2v) is 5.41. The molecule has 1 aliphatic heterocycles. The number of nitrogens with zero attached hydrogens (tertiary/aromatic N) is 6. The van der Waals surface area contributed by atoms with E-state index in [0.717, 1.165) is 55.8 Å². The molecule has 0 atom stereocenters. The molecular formula is C14H20N6O. The molecule has 0 bridgehead atoms. The molecule has 1 fully saturated rings. The van der Waals surface area contributed by atoms with Crippen LogP contribution in [0.5, 0.6) is 0 Å². The Morgan fingerprint density at radius 1 is 1.10 bits per heavy atom. The fourth-order valence-electron chi connectivity index (χ4n) is 2.55. The van der Waals surface area contributed by atoms with Crippen LogP contribution < -0.4 is 4.90 Å². The molecule has 2 aromatic heterocycles. The summed E-state index contributed by atoms with van der Waals surface area (Å²) in [6.07, 6.45) is 1.81. The van der Waals surface area contributed by atoms with Crippen LogP contribution in [0.25, 0.3) is 0 Å². The van der Waals surface area contributed by atoms with Crippen LogP contribution in [0, 0.1) is 20.8 Å². The summed E-state index contributed by atoms with van der Waals surface area (Å²) in [6, 6.07) is 0. The van der Waals surface area contributed by atoms with Gasteiger partial charge < -0.3 is 9.42 Å². The van der Waals surface area contributed by atoms with E-state index in [2.05, 4.69) is 29.9 Å². The first-order valence-corrected chi connectivity index (χ1v) is 7.18. The molecule has 3 heterocycles. The Balaban J connectivity index is 1.61. The first-order valence-electron chi connectivity index (χ1n) is 7.18. The van der Waals surface area contributed by atoms with Crippen molar-refractivity contribution in [3.05, 3.63) is 29.3 Å². The van der Waals surface area contributed by atoms with Crippen molar-refractivity contribution in [2.24, 2.45) is 0 Å². The van der Waals surface area contributed by atoms with Crippen LogP contribution in [0.4, 0.5) is 5.82 Å². The van der Waals surface area contributed by atoms with Gasteiger partial charge in [-0.25, -0.2) is 4.98 Å². The van der Waals surface area contributed by atoms with E-state index < -0.39 is 0 Å². The van der Waals surface area contributed by atoms with Crippen LogP contribution in [0.15, 0.2) is 10.7 Å². The lowest BCUT2D eigenvalue weighted by atomic mass is 10.3. The zero-order valence-electron chi connectivity index (χ0n) is 12.7. The Hall–Kier alpha value is -2.02. The average Bonchev–Trinajstić information content (AvgIpc) is 2.88. The van der Waals surface area contributed by atoms with Crippen molar-refractivity contribution in [2.75, 3.05) is 31.1 Å². The summed E-state index contributed by atoms with van der Waals surface area (Å²) in [5.41, 5.74) is 1.95. The molecule has 21 heavy (non-hydrogen) atoms. The van der Waals surface area contributed by atoms with Crippen molar-refractivity contribution in [3.63, 3.8) is 0 Å². The van der Waals surface area contributed by atoms with Crippen molar-refractivity contribution in [2.45, 2.75) is 27.3 Å². The van der Waals surface area contributed by atoms with E-state index in [0.29, 0.717) is 5.89 Å². The third-order valence-electron chi connectivity index (χ3n) is 3.66. The van der Waals surface area contributed by atoms with E-state index in [9.17, 15) is 0 Å². The second-order valence-electron chi connectivity index (χ2n) is 5.41. The van der Waals surface area contributed by atoms with Crippen molar-refractivity contribution in [1.82, 2.24) is 25.0 Å². The molecule has 0 spiro atoms. The molecule has 112 valence electrons. The van der Waals surface area contributed by atoms with Gasteiger partial charge in [0.25, 0.3) is 0 Å². The summed E-state index contributed by atoms with van der Waals surface area (Å²) in [4.78, 5) is 17.9. The smallest absolute Gasteiger partial charge is 0.223 e. The van der Waals surface area contributed by atoms with Crippen LogP contribution in [0.3, 0.4) is 0 Å². The molecule has 2 aromatic rings. The predicted molar refractivity (Wildman–Crippen MR) is 78.0 cm³/mol. The van der Waals surface area contributed by atoms with Crippen LogP contribution in [-0.4, -0.2) is 51.2 Å². The molecule has 0 aliphatic carbocycles. The fraction of sp³-hybridized carbons (Fsp3) is 0.571. The maximum atomic E-state index is 5.01. The molecule has 7 nitrogen and oxygen atoms in total. The Kier molecular flexibility index (Phi) is 3.83. The SMILES string of the molecule is Cc1cnc(C)c(N2CCN(Cc3noc(C)n3)CC2)n1. The maximum absolute atomic E-state index is 5.01. The minimum absolute atomic E-state index is 0.620. The first kappa shape index (κ1) is 13.9. The summed E-state index contributed by atoms with van der Waals surface area (Å²) in [6.45, 7) is 10.3. The summed E-state index contributed by atoms with van der Waals surface area (Å²) in [7, 11) is 0. The zero-order valence-corrected chi connectivity index (χ0v) is 12.7. The highest BCUT2D eigenvalue weighted by Crippen LogP contribution is 2.17. The number of aromatic nitrogens is 4. The van der Waals surface area contributed by atoms with E-state index in [4.69, 9.17) is 4.52 Å². The molecule has 7 heteroatoms. The van der Waals surface area contributed by atoms with Gasteiger partial charge in [0.05, 0.1) is 17.9 Å². The third kappa shape index (κ3) is 3.18. The zero-order chi connectivity index (χ0) is 14.8. The highest BCUT2D eigenvalue weighted by Gasteiger charge is 2.21. The Labute approximate surface area is 124 Å². The van der Waals surface area contributed by atoms with Crippen LogP contribution in [-0.2, 0) is 6.54 Å². The number of anilines is 1. The van der Waals surface area contributed by atoms with E-state index in [1.165, 1.54) is 0 Å². The van der Waals surface area contributed by atoms with Gasteiger partial charge in [0.15, 0.2) is 5.82 Å². The van der Waals surface area contributed by atoms with E-state index in [-0.39, 0.29) is 0 Å². The molecule has 1 aliphatic rings. The molecular weight excluding hydrogens is 268 g/mol. The summed E-state index contributed by atoms with van der Waals surface area (Å²) in [5.74, 6) is 2.38. The van der Waals surface area contributed by atoms with Crippen LogP contribution >= 0.6 is 0 Å². The highest BCUT2D eigenvalue weighted by atomic mass is 16.5. The lowest BCUT2D eigenvalue weighted by Crippen LogP contribution is -2.46. The number of hydrogen-bond donors (Lipinski definition) is 0. The van der Waals surface area contributed by atoms with E-state index >= 15 is 0 Å². The first-order chi connectivity index (χ1) is 10.1. The number of hydrogen-bond acceptors (Lipinski definition) is 7. The van der Waals surface area contributed by atoms with Crippen LogP contribution in [0.1, 0.15) is 23.1 Å². The summed E-state index contributed by atoms with van der Waals surface area (Å²) in [5, 5.41) is 3.95. The molecule has 0 unspecified atom stereocenters. The van der Waals surface area contributed by atoms with Gasteiger partial charge >= 0.3 is 0 Å². The lowest BCUT2D eigenvalue weighted by molar-refractivity contribution is 0.239. The van der Waals surface area contributed by atoms with Gasteiger partial charge in [0.1, 0.15) is 5.82 Å². The highest BCUT2D eigenvalue weighted by molar-refractivity contribution is 5.43. The second kappa shape index (κ2) is 5.77. The predicted octanol–water partition coefficient (Wildman–Crippen LogP) is 1.11. The Morgan fingerprint density at radius 3 is 2.52 bits per heavy atom. The largest absolute Gasteiger partial charge is 0.353 e. The molecule has 3 rings (SSSR count). The molecule has 0 N–H and O–H groups in total. The van der Waals surface area contributed by atoms with Crippen molar-refractivity contribution < 1.29 is 4.52 Å². The third-order valence-corrected chi connectivity index (χ3v) is 3.66. The monoisotopic (exact) mass is 288 g/mol. The minimum atomic E-state index is 0.620. The van der Waals surface area contributed by atoms with Gasteiger partial charge in [-0.15, -0.1) is 0 Å². The van der Waals surface area contributed by atoms with Crippen molar-refractivity contribution in [3.8, 4) is 0 Å². The molecule has 0 radical (unpaired) electrons. The van der Waals surface area contributed by atoms with Gasteiger partial charge in [-0.3, -0.25) is 9.88 Å². The Bertz CT molecular complexity index is 618. The number of aryl methyl sites for hydroxylation is 3. The number of piperazine rings is 1.